The fraction of sp³-hybridized carbons (Fsp3) is 0. The van der Waals surface area contributed by atoms with E-state index < -0.39 is 22.3 Å². The molecule has 2 rings (SSSR count). The number of hydrogen-bond donors (Lipinski definition) is 1. The van der Waals surface area contributed by atoms with Gasteiger partial charge in [-0.3, -0.25) is 14.9 Å². The van der Waals surface area contributed by atoms with Gasteiger partial charge in [0, 0.05) is 27.4 Å². The highest BCUT2D eigenvalue weighted by Gasteiger charge is 2.16. The predicted molar refractivity (Wildman–Crippen MR) is 77.5 cm³/mol. The molecule has 0 saturated carbocycles. The first kappa shape index (κ1) is 15.2. The number of benzene rings is 2. The molecule has 2 aromatic carbocycles. The predicted octanol–water partition coefficient (Wildman–Crippen LogP) is 4.29. The lowest BCUT2D eigenvalue weighted by atomic mass is 10.2. The molecule has 0 unspecified atom stereocenters. The highest BCUT2D eigenvalue weighted by Crippen LogP contribution is 2.23. The monoisotopic (exact) mass is 328 g/mol. The summed E-state index contributed by atoms with van der Waals surface area (Å²) in [6.07, 6.45) is 0. The van der Waals surface area contributed by atoms with Crippen LogP contribution in [0.1, 0.15) is 10.4 Å². The third kappa shape index (κ3) is 3.68. The van der Waals surface area contributed by atoms with E-state index in [-0.39, 0.29) is 5.56 Å². The first-order valence-electron chi connectivity index (χ1n) is 5.58. The maximum Gasteiger partial charge on any atom is 0.304 e. The number of nitrogens with zero attached hydrogens (tertiary/aromatic N) is 1. The molecule has 5 nitrogen and oxygen atoms in total. The standard InChI is InChI=1S/C13H7Cl2FN2O3/c14-8-4-9(15)6-10(5-8)17-13(19)7-1-2-12(18(20)21)11(16)3-7/h1-6H,(H,17,19). The fourth-order valence-corrected chi connectivity index (χ4v) is 2.15. The van der Waals surface area contributed by atoms with Crippen molar-refractivity contribution in [1.82, 2.24) is 0 Å². The van der Waals surface area contributed by atoms with Gasteiger partial charge < -0.3 is 5.32 Å². The number of nitro groups is 1. The van der Waals surface area contributed by atoms with Crippen molar-refractivity contribution in [2.75, 3.05) is 5.32 Å². The largest absolute Gasteiger partial charge is 0.322 e. The number of carbonyl (C=O) groups is 1. The van der Waals surface area contributed by atoms with Gasteiger partial charge in [0.1, 0.15) is 0 Å². The van der Waals surface area contributed by atoms with E-state index in [9.17, 15) is 19.3 Å². The van der Waals surface area contributed by atoms with E-state index in [0.717, 1.165) is 18.2 Å². The highest BCUT2D eigenvalue weighted by molar-refractivity contribution is 6.35. The lowest BCUT2D eigenvalue weighted by molar-refractivity contribution is -0.387. The second-order valence-corrected chi connectivity index (χ2v) is 4.91. The van der Waals surface area contributed by atoms with Crippen LogP contribution < -0.4 is 5.32 Å². The molecule has 0 saturated heterocycles. The molecule has 0 aromatic heterocycles. The van der Waals surface area contributed by atoms with Gasteiger partial charge in [0.05, 0.1) is 4.92 Å². The number of amides is 1. The summed E-state index contributed by atoms with van der Waals surface area (Å²) in [5.41, 5.74) is -0.428. The van der Waals surface area contributed by atoms with Crippen LogP contribution in [0, 0.1) is 15.9 Å². The maximum atomic E-state index is 13.5. The number of anilines is 1. The Morgan fingerprint density at radius 2 is 1.76 bits per heavy atom. The molecule has 0 spiro atoms. The second-order valence-electron chi connectivity index (χ2n) is 4.04. The Morgan fingerprint density at radius 1 is 1.14 bits per heavy atom. The van der Waals surface area contributed by atoms with Crippen molar-refractivity contribution in [3.05, 3.63) is 67.9 Å². The van der Waals surface area contributed by atoms with Gasteiger partial charge in [-0.1, -0.05) is 23.2 Å². The molecule has 21 heavy (non-hydrogen) atoms. The molecule has 0 aliphatic rings. The molecule has 0 fully saturated rings. The van der Waals surface area contributed by atoms with Crippen molar-refractivity contribution >= 4 is 40.5 Å². The first-order chi connectivity index (χ1) is 9.86. The fourth-order valence-electron chi connectivity index (χ4n) is 1.63. The third-order valence-corrected chi connectivity index (χ3v) is 2.96. The topological polar surface area (TPSA) is 72.2 Å². The summed E-state index contributed by atoms with van der Waals surface area (Å²) < 4.78 is 13.5. The van der Waals surface area contributed by atoms with Crippen molar-refractivity contribution in [2.24, 2.45) is 0 Å². The van der Waals surface area contributed by atoms with Crippen LogP contribution in [0.25, 0.3) is 0 Å². The maximum absolute atomic E-state index is 13.5. The first-order valence-corrected chi connectivity index (χ1v) is 6.34. The van der Waals surface area contributed by atoms with Crippen LogP contribution in [0.15, 0.2) is 36.4 Å². The molecular formula is C13H7Cl2FN2O3. The average molecular weight is 329 g/mol. The Morgan fingerprint density at radius 3 is 2.29 bits per heavy atom. The Bertz CT molecular complexity index is 717. The molecule has 0 atom stereocenters. The zero-order chi connectivity index (χ0) is 15.6. The Hall–Kier alpha value is -2.18. The molecule has 2 aromatic rings. The molecular weight excluding hydrogens is 322 g/mol. The number of rotatable bonds is 3. The smallest absolute Gasteiger partial charge is 0.304 e. The van der Waals surface area contributed by atoms with Crippen LogP contribution in [-0.2, 0) is 0 Å². The molecule has 0 bridgehead atoms. The van der Waals surface area contributed by atoms with Crippen molar-refractivity contribution in [3.63, 3.8) is 0 Å². The van der Waals surface area contributed by atoms with Crippen molar-refractivity contribution in [2.45, 2.75) is 0 Å². The van der Waals surface area contributed by atoms with Crippen molar-refractivity contribution < 1.29 is 14.1 Å². The molecule has 0 aliphatic heterocycles. The van der Waals surface area contributed by atoms with E-state index in [2.05, 4.69) is 5.32 Å². The van der Waals surface area contributed by atoms with Crippen LogP contribution in [0.3, 0.4) is 0 Å². The molecule has 8 heteroatoms. The van der Waals surface area contributed by atoms with E-state index in [1.54, 1.807) is 0 Å². The Kier molecular flexibility index (Phi) is 4.40. The van der Waals surface area contributed by atoms with E-state index in [1.165, 1.54) is 18.2 Å². The van der Waals surface area contributed by atoms with Crippen LogP contribution >= 0.6 is 23.2 Å². The van der Waals surface area contributed by atoms with Gasteiger partial charge in [-0.15, -0.1) is 0 Å². The third-order valence-electron chi connectivity index (χ3n) is 2.53. The molecule has 1 amide bonds. The minimum atomic E-state index is -1.09. The van der Waals surface area contributed by atoms with Gasteiger partial charge in [-0.05, 0) is 30.3 Å². The summed E-state index contributed by atoms with van der Waals surface area (Å²) in [6, 6.07) is 7.29. The highest BCUT2D eigenvalue weighted by atomic mass is 35.5. The lowest BCUT2D eigenvalue weighted by Crippen LogP contribution is -2.12. The van der Waals surface area contributed by atoms with Gasteiger partial charge in [-0.2, -0.15) is 4.39 Å². The van der Waals surface area contributed by atoms with Crippen molar-refractivity contribution in [3.8, 4) is 0 Å². The summed E-state index contributed by atoms with van der Waals surface area (Å²) in [5, 5.41) is 13.6. The van der Waals surface area contributed by atoms with Crippen LogP contribution in [0.2, 0.25) is 10.0 Å². The summed E-state index contributed by atoms with van der Waals surface area (Å²) >= 11 is 11.6. The van der Waals surface area contributed by atoms with Crippen LogP contribution in [0.4, 0.5) is 15.8 Å². The number of carbonyl (C=O) groups excluding carboxylic acids is 1. The number of nitro benzene ring substituents is 1. The van der Waals surface area contributed by atoms with E-state index in [1.807, 2.05) is 0 Å². The van der Waals surface area contributed by atoms with Gasteiger partial charge in [0.25, 0.3) is 5.91 Å². The normalized spacial score (nSPS) is 10.2. The number of hydrogen-bond acceptors (Lipinski definition) is 3. The summed E-state index contributed by atoms with van der Waals surface area (Å²) in [4.78, 5) is 21.6. The molecule has 108 valence electrons. The van der Waals surface area contributed by atoms with Gasteiger partial charge in [0.2, 0.25) is 5.82 Å². The number of halogens is 3. The van der Waals surface area contributed by atoms with E-state index >= 15 is 0 Å². The molecule has 0 aliphatic carbocycles. The lowest BCUT2D eigenvalue weighted by Gasteiger charge is -2.06. The SMILES string of the molecule is O=C(Nc1cc(Cl)cc(Cl)c1)c1ccc([N+](=O)[O-])c(F)c1. The molecule has 0 heterocycles. The minimum absolute atomic E-state index is 0.0609. The van der Waals surface area contributed by atoms with Gasteiger partial charge >= 0.3 is 5.69 Å². The molecule has 0 radical (unpaired) electrons. The zero-order valence-corrected chi connectivity index (χ0v) is 11.8. The van der Waals surface area contributed by atoms with Crippen molar-refractivity contribution in [1.29, 1.82) is 0 Å². The quantitative estimate of drug-likeness (QED) is 0.674. The second kappa shape index (κ2) is 6.07. The zero-order valence-electron chi connectivity index (χ0n) is 10.3. The van der Waals surface area contributed by atoms with Gasteiger partial charge in [-0.25, -0.2) is 0 Å². The summed E-state index contributed by atoms with van der Waals surface area (Å²) in [7, 11) is 0. The van der Waals surface area contributed by atoms with Crippen LogP contribution in [0.5, 0.6) is 0 Å². The summed E-state index contributed by atoms with van der Waals surface area (Å²) in [6.45, 7) is 0. The molecule has 1 N–H and O–H groups in total. The Labute approximate surface area is 128 Å². The Balaban J connectivity index is 2.24. The van der Waals surface area contributed by atoms with Gasteiger partial charge in [0.15, 0.2) is 0 Å². The van der Waals surface area contributed by atoms with E-state index in [4.69, 9.17) is 23.2 Å². The van der Waals surface area contributed by atoms with E-state index in [0.29, 0.717) is 15.7 Å². The summed E-state index contributed by atoms with van der Waals surface area (Å²) in [5.74, 6) is -1.72. The average Bonchev–Trinajstić information content (AvgIpc) is 2.36. The number of nitrogens with one attached hydrogen (secondary N) is 1. The van der Waals surface area contributed by atoms with Crippen LogP contribution in [-0.4, -0.2) is 10.8 Å². The minimum Gasteiger partial charge on any atom is -0.322 e.